The average Bonchev–Trinajstić information content (AvgIpc) is 3.10. The molecule has 2 aromatic carbocycles. The molecule has 0 aliphatic rings. The third-order valence-corrected chi connectivity index (χ3v) is 4.28. The normalized spacial score (nSPS) is 10.5. The summed E-state index contributed by atoms with van der Waals surface area (Å²) in [5.41, 5.74) is 1.45. The van der Waals surface area contributed by atoms with Crippen LogP contribution in [0.2, 0.25) is 5.02 Å². The third-order valence-electron chi connectivity index (χ3n) is 4.03. The monoisotopic (exact) mass is 373 g/mol. The van der Waals surface area contributed by atoms with E-state index >= 15 is 0 Å². The van der Waals surface area contributed by atoms with Crippen LogP contribution in [0.5, 0.6) is 0 Å². The molecule has 2 aromatic heterocycles. The number of fused-ring (bicyclic) bond motifs is 1. The Morgan fingerprint density at radius 1 is 1.07 bits per heavy atom. The number of anilines is 1. The van der Waals surface area contributed by atoms with Crippen molar-refractivity contribution in [3.8, 4) is 11.9 Å². The first-order valence-electron chi connectivity index (χ1n) is 8.07. The zero-order valence-corrected chi connectivity index (χ0v) is 14.7. The van der Waals surface area contributed by atoms with Crippen LogP contribution in [0.1, 0.15) is 15.9 Å². The van der Waals surface area contributed by atoms with Gasteiger partial charge in [-0.3, -0.25) is 4.79 Å². The zero-order chi connectivity index (χ0) is 18.8. The van der Waals surface area contributed by atoms with Gasteiger partial charge in [0.15, 0.2) is 11.6 Å². The molecule has 1 N–H and O–H groups in total. The van der Waals surface area contributed by atoms with Gasteiger partial charge in [0, 0.05) is 16.0 Å². The lowest BCUT2D eigenvalue weighted by Crippen LogP contribution is -2.16. The van der Waals surface area contributed by atoms with Crippen molar-refractivity contribution in [1.82, 2.24) is 14.8 Å². The van der Waals surface area contributed by atoms with Gasteiger partial charge >= 0.3 is 0 Å². The first-order valence-corrected chi connectivity index (χ1v) is 8.45. The molecular weight excluding hydrogens is 362 g/mol. The molecule has 0 aliphatic heterocycles. The molecule has 0 fully saturated rings. The zero-order valence-electron chi connectivity index (χ0n) is 13.9. The maximum Gasteiger partial charge on any atom is 0.256 e. The van der Waals surface area contributed by atoms with Gasteiger partial charge in [0.2, 0.25) is 0 Å². The third kappa shape index (κ3) is 3.24. The van der Waals surface area contributed by atoms with E-state index in [1.54, 1.807) is 30.3 Å². The van der Waals surface area contributed by atoms with Crippen LogP contribution in [0.25, 0.3) is 16.7 Å². The van der Waals surface area contributed by atoms with Crippen LogP contribution in [0.4, 0.5) is 5.82 Å². The van der Waals surface area contributed by atoms with Crippen molar-refractivity contribution < 1.29 is 4.79 Å². The number of carbonyl (C=O) groups excluding carboxylic acids is 1. The summed E-state index contributed by atoms with van der Waals surface area (Å²) in [6.45, 7) is 0. The van der Waals surface area contributed by atoms with E-state index < -0.39 is 0 Å². The summed E-state index contributed by atoms with van der Waals surface area (Å²) in [5.74, 6) is 0.396. The van der Waals surface area contributed by atoms with Crippen molar-refractivity contribution in [3.63, 3.8) is 0 Å². The molecule has 0 bridgehead atoms. The van der Waals surface area contributed by atoms with Crippen LogP contribution in [0, 0.1) is 11.3 Å². The van der Waals surface area contributed by atoms with Crippen molar-refractivity contribution >= 4 is 34.2 Å². The smallest absolute Gasteiger partial charge is 0.256 e. The fraction of sp³-hybridized carbons (Fsp3) is 0. The predicted octanol–water partition coefficient (Wildman–Crippen LogP) is 4.20. The minimum absolute atomic E-state index is 0.243. The van der Waals surface area contributed by atoms with E-state index in [9.17, 15) is 10.1 Å². The standard InChI is InChI=1S/C20H12ClN5O/c21-16-8-5-14(6-9-16)20(27)25-19-15(11-22)12-23-26(19)18-10-7-13-3-1-2-4-17(13)24-18/h1-10,12H,(H,25,27). The topological polar surface area (TPSA) is 83.6 Å². The predicted molar refractivity (Wildman–Crippen MR) is 103 cm³/mol. The molecule has 6 nitrogen and oxygen atoms in total. The molecule has 0 saturated heterocycles. The van der Waals surface area contributed by atoms with Gasteiger partial charge in [-0.05, 0) is 42.5 Å². The molecular formula is C20H12ClN5O. The lowest BCUT2D eigenvalue weighted by atomic mass is 10.2. The second-order valence-corrected chi connectivity index (χ2v) is 6.19. The number of nitrogens with one attached hydrogen (secondary N) is 1. The number of para-hydroxylation sites is 1. The Morgan fingerprint density at radius 2 is 1.85 bits per heavy atom. The summed E-state index contributed by atoms with van der Waals surface area (Å²) in [5, 5.41) is 17.9. The summed E-state index contributed by atoms with van der Waals surface area (Å²) in [7, 11) is 0. The van der Waals surface area contributed by atoms with E-state index in [4.69, 9.17) is 11.6 Å². The van der Waals surface area contributed by atoms with Gasteiger partial charge in [-0.1, -0.05) is 29.8 Å². The highest BCUT2D eigenvalue weighted by molar-refractivity contribution is 6.30. The minimum Gasteiger partial charge on any atom is -0.305 e. The number of benzene rings is 2. The van der Waals surface area contributed by atoms with Gasteiger partial charge < -0.3 is 5.32 Å². The van der Waals surface area contributed by atoms with Crippen molar-refractivity contribution in [3.05, 3.63) is 83.0 Å². The van der Waals surface area contributed by atoms with Gasteiger partial charge in [-0.2, -0.15) is 15.0 Å². The molecule has 0 spiro atoms. The first-order chi connectivity index (χ1) is 13.2. The lowest BCUT2D eigenvalue weighted by Gasteiger charge is -2.10. The van der Waals surface area contributed by atoms with E-state index in [1.165, 1.54) is 10.9 Å². The van der Waals surface area contributed by atoms with E-state index in [2.05, 4.69) is 15.4 Å². The van der Waals surface area contributed by atoms with Crippen molar-refractivity contribution in [2.75, 3.05) is 5.32 Å². The molecule has 0 aliphatic carbocycles. The van der Waals surface area contributed by atoms with Crippen LogP contribution in [0.3, 0.4) is 0 Å². The molecule has 7 heteroatoms. The first kappa shape index (κ1) is 16.8. The number of halogens is 1. The van der Waals surface area contributed by atoms with E-state index in [-0.39, 0.29) is 17.3 Å². The van der Waals surface area contributed by atoms with Crippen LogP contribution in [0.15, 0.2) is 66.9 Å². The van der Waals surface area contributed by atoms with Gasteiger partial charge in [0.1, 0.15) is 11.6 Å². The minimum atomic E-state index is -0.370. The molecule has 0 radical (unpaired) electrons. The Bertz CT molecular complexity index is 1190. The van der Waals surface area contributed by atoms with Gasteiger partial charge in [-0.25, -0.2) is 4.98 Å². The van der Waals surface area contributed by atoms with E-state index in [1.807, 2.05) is 36.4 Å². The summed E-state index contributed by atoms with van der Waals surface area (Å²) >= 11 is 5.86. The highest BCUT2D eigenvalue weighted by atomic mass is 35.5. The van der Waals surface area contributed by atoms with Crippen LogP contribution >= 0.6 is 11.6 Å². The quantitative estimate of drug-likeness (QED) is 0.583. The summed E-state index contributed by atoms with van der Waals surface area (Å²) < 4.78 is 1.44. The highest BCUT2D eigenvalue weighted by Crippen LogP contribution is 2.22. The number of aromatic nitrogens is 3. The molecule has 0 atom stereocenters. The van der Waals surface area contributed by atoms with Crippen molar-refractivity contribution in [2.45, 2.75) is 0 Å². The summed E-state index contributed by atoms with van der Waals surface area (Å²) in [4.78, 5) is 17.1. The number of carbonyl (C=O) groups is 1. The number of rotatable bonds is 3. The SMILES string of the molecule is N#Cc1cnn(-c2ccc3ccccc3n2)c1NC(=O)c1ccc(Cl)cc1. The van der Waals surface area contributed by atoms with Crippen LogP contribution in [-0.2, 0) is 0 Å². The fourth-order valence-electron chi connectivity index (χ4n) is 2.68. The maximum atomic E-state index is 12.6. The molecule has 0 saturated carbocycles. The van der Waals surface area contributed by atoms with Crippen LogP contribution in [-0.4, -0.2) is 20.7 Å². The number of hydrogen-bond acceptors (Lipinski definition) is 4. The van der Waals surface area contributed by atoms with Crippen LogP contribution < -0.4 is 5.32 Å². The number of hydrogen-bond donors (Lipinski definition) is 1. The molecule has 4 aromatic rings. The average molecular weight is 374 g/mol. The molecule has 2 heterocycles. The number of nitrogens with zero attached hydrogens (tertiary/aromatic N) is 4. The molecule has 1 amide bonds. The number of nitriles is 1. The van der Waals surface area contributed by atoms with E-state index in [0.29, 0.717) is 16.4 Å². The number of pyridine rings is 1. The van der Waals surface area contributed by atoms with Gasteiger partial charge in [0.25, 0.3) is 5.91 Å². The Morgan fingerprint density at radius 3 is 2.63 bits per heavy atom. The summed E-state index contributed by atoms with van der Waals surface area (Å²) in [6, 6.07) is 19.9. The second kappa shape index (κ2) is 6.90. The second-order valence-electron chi connectivity index (χ2n) is 5.75. The highest BCUT2D eigenvalue weighted by Gasteiger charge is 2.17. The van der Waals surface area contributed by atoms with E-state index in [0.717, 1.165) is 10.9 Å². The van der Waals surface area contributed by atoms with Gasteiger partial charge in [-0.15, -0.1) is 0 Å². The Hall–Kier alpha value is -3.69. The Labute approximate surface area is 159 Å². The fourth-order valence-corrected chi connectivity index (χ4v) is 2.80. The molecule has 130 valence electrons. The Kier molecular flexibility index (Phi) is 4.29. The lowest BCUT2D eigenvalue weighted by molar-refractivity contribution is 0.102. The number of amides is 1. The Balaban J connectivity index is 1.74. The molecule has 27 heavy (non-hydrogen) atoms. The van der Waals surface area contributed by atoms with Crippen molar-refractivity contribution in [1.29, 1.82) is 5.26 Å². The maximum absolute atomic E-state index is 12.6. The molecule has 4 rings (SSSR count). The largest absolute Gasteiger partial charge is 0.305 e. The summed E-state index contributed by atoms with van der Waals surface area (Å²) in [6.07, 6.45) is 1.40. The van der Waals surface area contributed by atoms with Crippen molar-refractivity contribution in [2.24, 2.45) is 0 Å². The molecule has 0 unspecified atom stereocenters. The van der Waals surface area contributed by atoms with Gasteiger partial charge in [0.05, 0.1) is 11.7 Å².